The van der Waals surface area contributed by atoms with Crippen molar-refractivity contribution < 1.29 is 19.1 Å². The summed E-state index contributed by atoms with van der Waals surface area (Å²) in [4.78, 5) is 52.1. The van der Waals surface area contributed by atoms with Crippen LogP contribution < -0.4 is 10.5 Å². The van der Waals surface area contributed by atoms with Crippen molar-refractivity contribution in [3.8, 4) is 0 Å². The number of rotatable bonds is 5. The van der Waals surface area contributed by atoms with E-state index < -0.39 is 12.2 Å². The molecule has 31 heavy (non-hydrogen) atoms. The number of fused-ring (bicyclic) bond motifs is 1. The molecule has 0 aliphatic carbocycles. The van der Waals surface area contributed by atoms with Gasteiger partial charge in [0.05, 0.1) is 30.8 Å². The van der Waals surface area contributed by atoms with E-state index in [-0.39, 0.29) is 30.5 Å². The number of thiophene rings is 1. The Morgan fingerprint density at radius 2 is 1.68 bits per heavy atom. The van der Waals surface area contributed by atoms with Gasteiger partial charge in [0.1, 0.15) is 11.1 Å². The second-order valence-electron chi connectivity index (χ2n) is 7.34. The molecule has 1 fully saturated rings. The number of carbonyl (C=O) groups is 3. The molecule has 9 heteroatoms. The predicted octanol–water partition coefficient (Wildman–Crippen LogP) is 2.58. The number of ether oxygens (including phenoxy) is 1. The lowest BCUT2D eigenvalue weighted by molar-refractivity contribution is 0.0558. The van der Waals surface area contributed by atoms with Crippen molar-refractivity contribution in [1.82, 2.24) is 9.47 Å². The van der Waals surface area contributed by atoms with Crippen LogP contribution in [0.15, 0.2) is 64.9 Å². The maximum atomic E-state index is 12.6. The fourth-order valence-electron chi connectivity index (χ4n) is 3.78. The van der Waals surface area contributed by atoms with Crippen molar-refractivity contribution in [3.63, 3.8) is 0 Å². The zero-order valence-electron chi connectivity index (χ0n) is 16.3. The second-order valence-corrected chi connectivity index (χ2v) is 8.23. The quantitative estimate of drug-likeness (QED) is 0.575. The summed E-state index contributed by atoms with van der Waals surface area (Å²) in [6.45, 7) is 0.640. The smallest absolute Gasteiger partial charge is 0.415 e. The number of benzene rings is 1. The normalized spacial score (nSPS) is 17.9. The van der Waals surface area contributed by atoms with Gasteiger partial charge in [0.25, 0.3) is 17.4 Å². The van der Waals surface area contributed by atoms with E-state index in [0.29, 0.717) is 22.7 Å². The topological polar surface area (TPSA) is 88.9 Å². The van der Waals surface area contributed by atoms with E-state index >= 15 is 0 Å². The first kappa shape index (κ1) is 19.3. The van der Waals surface area contributed by atoms with Gasteiger partial charge in [-0.05, 0) is 35.2 Å². The number of nitrogens with zero attached hydrogens (tertiary/aromatic N) is 3. The van der Waals surface area contributed by atoms with Crippen LogP contribution >= 0.6 is 11.3 Å². The molecule has 0 bridgehead atoms. The van der Waals surface area contributed by atoms with Crippen molar-refractivity contribution in [1.29, 1.82) is 0 Å². The van der Waals surface area contributed by atoms with Crippen molar-refractivity contribution in [2.45, 2.75) is 12.6 Å². The molecule has 2 aliphatic heterocycles. The minimum absolute atomic E-state index is 0.00618. The van der Waals surface area contributed by atoms with Gasteiger partial charge >= 0.3 is 6.09 Å². The molecule has 156 valence electrons. The monoisotopic (exact) mass is 435 g/mol. The summed E-state index contributed by atoms with van der Waals surface area (Å²) in [5, 5.41) is 2.58. The van der Waals surface area contributed by atoms with Crippen molar-refractivity contribution in [2.24, 2.45) is 0 Å². The molecule has 0 N–H and O–H groups in total. The van der Waals surface area contributed by atoms with Crippen LogP contribution in [-0.4, -0.2) is 46.6 Å². The van der Waals surface area contributed by atoms with E-state index in [4.69, 9.17) is 4.74 Å². The molecule has 3 aromatic rings. The highest BCUT2D eigenvalue weighted by atomic mass is 32.1. The van der Waals surface area contributed by atoms with Gasteiger partial charge < -0.3 is 9.30 Å². The molecule has 3 amide bonds. The molecule has 2 aliphatic rings. The van der Waals surface area contributed by atoms with Gasteiger partial charge in [-0.25, -0.2) is 4.79 Å². The highest BCUT2D eigenvalue weighted by Crippen LogP contribution is 2.30. The molecule has 4 heterocycles. The molecule has 5 rings (SSSR count). The third kappa shape index (κ3) is 3.42. The first-order valence-electron chi connectivity index (χ1n) is 9.67. The lowest BCUT2D eigenvalue weighted by atomic mass is 10.1. The molecule has 0 saturated carbocycles. The van der Waals surface area contributed by atoms with Gasteiger partial charge in [0.2, 0.25) is 0 Å². The fourth-order valence-corrected chi connectivity index (χ4v) is 4.69. The van der Waals surface area contributed by atoms with Crippen LogP contribution in [0.5, 0.6) is 0 Å². The molecule has 1 saturated heterocycles. The van der Waals surface area contributed by atoms with Crippen LogP contribution in [-0.2, 0) is 11.3 Å². The Balaban J connectivity index is 1.28. The van der Waals surface area contributed by atoms with E-state index in [1.54, 1.807) is 47.2 Å². The summed E-state index contributed by atoms with van der Waals surface area (Å²) < 4.78 is 7.01. The van der Waals surface area contributed by atoms with Gasteiger partial charge in [-0.15, -0.1) is 11.3 Å². The summed E-state index contributed by atoms with van der Waals surface area (Å²) in [7, 11) is 0. The SMILES string of the molecule is O=C1c2ccccc2C(=O)N1C[C@H]1CN(c2cc(Cn3ccccc3=O)cs2)C(=O)O1. The van der Waals surface area contributed by atoms with E-state index in [1.165, 1.54) is 22.3 Å². The lowest BCUT2D eigenvalue weighted by Gasteiger charge is -2.17. The first-order chi connectivity index (χ1) is 15.0. The number of hydrogen-bond acceptors (Lipinski definition) is 6. The van der Waals surface area contributed by atoms with E-state index in [2.05, 4.69) is 0 Å². The number of carbonyl (C=O) groups excluding carboxylic acids is 3. The number of cyclic esters (lactones) is 1. The zero-order valence-corrected chi connectivity index (χ0v) is 17.1. The van der Waals surface area contributed by atoms with Crippen LogP contribution in [0.4, 0.5) is 9.80 Å². The number of hydrogen-bond donors (Lipinski definition) is 0. The fraction of sp³-hybridized carbons (Fsp3) is 0.182. The van der Waals surface area contributed by atoms with Crippen molar-refractivity contribution in [3.05, 3.63) is 87.2 Å². The summed E-state index contributed by atoms with van der Waals surface area (Å²) in [6.07, 6.45) is 0.575. The molecule has 1 atom stereocenters. The van der Waals surface area contributed by atoms with Gasteiger partial charge in [-0.1, -0.05) is 18.2 Å². The lowest BCUT2D eigenvalue weighted by Crippen LogP contribution is -2.38. The Kier molecular flexibility index (Phi) is 4.67. The number of anilines is 1. The highest BCUT2D eigenvalue weighted by molar-refractivity contribution is 7.14. The Hall–Kier alpha value is -3.72. The maximum Gasteiger partial charge on any atom is 0.415 e. The molecule has 8 nitrogen and oxygen atoms in total. The molecule has 0 unspecified atom stereocenters. The van der Waals surface area contributed by atoms with Crippen molar-refractivity contribution >= 4 is 34.2 Å². The number of pyridine rings is 1. The standard InChI is InChI=1S/C22H17N3O5S/c26-18-7-3-4-8-23(18)10-14-9-19(31-13-14)24-11-15(30-22(24)29)12-25-20(27)16-5-1-2-6-17(16)21(25)28/h1-9,13,15H,10-12H2/t15-/m1/s1. The number of amides is 3. The number of aromatic nitrogens is 1. The average Bonchev–Trinajstić information content (AvgIpc) is 3.44. The third-order valence-corrected chi connectivity index (χ3v) is 6.30. The Labute approximate surface area is 180 Å². The van der Waals surface area contributed by atoms with E-state index in [9.17, 15) is 19.2 Å². The zero-order chi connectivity index (χ0) is 21.5. The average molecular weight is 435 g/mol. The van der Waals surface area contributed by atoms with E-state index in [0.717, 1.165) is 10.5 Å². The third-order valence-electron chi connectivity index (χ3n) is 5.30. The summed E-state index contributed by atoms with van der Waals surface area (Å²) in [6, 6.07) is 13.5. The summed E-state index contributed by atoms with van der Waals surface area (Å²) in [5.41, 5.74) is 1.53. The van der Waals surface area contributed by atoms with Gasteiger partial charge in [0.15, 0.2) is 0 Å². The molecule has 0 radical (unpaired) electrons. The number of imide groups is 1. The Bertz CT molecular complexity index is 1230. The van der Waals surface area contributed by atoms with Crippen LogP contribution in [0.1, 0.15) is 26.3 Å². The Morgan fingerprint density at radius 1 is 0.968 bits per heavy atom. The highest BCUT2D eigenvalue weighted by Gasteiger charge is 2.41. The Morgan fingerprint density at radius 3 is 2.39 bits per heavy atom. The largest absolute Gasteiger partial charge is 0.442 e. The second kappa shape index (κ2) is 7.51. The van der Waals surface area contributed by atoms with Crippen LogP contribution in [0, 0.1) is 0 Å². The van der Waals surface area contributed by atoms with Crippen LogP contribution in [0.3, 0.4) is 0 Å². The minimum atomic E-state index is -0.614. The summed E-state index contributed by atoms with van der Waals surface area (Å²) >= 11 is 1.37. The van der Waals surface area contributed by atoms with E-state index in [1.807, 2.05) is 11.4 Å². The van der Waals surface area contributed by atoms with Crippen LogP contribution in [0.2, 0.25) is 0 Å². The molecular weight excluding hydrogens is 418 g/mol. The molecule has 0 spiro atoms. The molecular formula is C22H17N3O5S. The predicted molar refractivity (Wildman–Crippen MR) is 114 cm³/mol. The van der Waals surface area contributed by atoms with Gasteiger partial charge in [0, 0.05) is 12.3 Å². The van der Waals surface area contributed by atoms with Gasteiger partial charge in [-0.3, -0.25) is 24.2 Å². The van der Waals surface area contributed by atoms with Crippen LogP contribution in [0.25, 0.3) is 0 Å². The maximum absolute atomic E-state index is 12.6. The molecule has 2 aromatic heterocycles. The first-order valence-corrected chi connectivity index (χ1v) is 10.6. The summed E-state index contributed by atoms with van der Waals surface area (Å²) in [5.74, 6) is -0.747. The minimum Gasteiger partial charge on any atom is -0.442 e. The van der Waals surface area contributed by atoms with Gasteiger partial charge in [-0.2, -0.15) is 0 Å². The van der Waals surface area contributed by atoms with Crippen molar-refractivity contribution in [2.75, 3.05) is 18.0 Å². The molecule has 1 aromatic carbocycles.